The molecule has 1 unspecified atom stereocenters. The molecule has 4 nitrogen and oxygen atoms in total. The summed E-state index contributed by atoms with van der Waals surface area (Å²) in [6.07, 6.45) is 3.78. The summed E-state index contributed by atoms with van der Waals surface area (Å²) in [6.45, 7) is 7.99. The van der Waals surface area contributed by atoms with Crippen LogP contribution in [0.2, 0.25) is 0 Å². The molecule has 2 aliphatic heterocycles. The number of thiazole rings is 1. The van der Waals surface area contributed by atoms with Crippen LogP contribution in [0.4, 0.5) is 5.13 Å². The number of anilines is 1. The van der Waals surface area contributed by atoms with Crippen LogP contribution in [-0.4, -0.2) is 49.2 Å². The molecule has 0 bridgehead atoms. The van der Waals surface area contributed by atoms with Gasteiger partial charge in [0.05, 0.1) is 5.69 Å². The van der Waals surface area contributed by atoms with Crippen molar-refractivity contribution in [3.63, 3.8) is 0 Å². The van der Waals surface area contributed by atoms with E-state index < -0.39 is 0 Å². The van der Waals surface area contributed by atoms with Gasteiger partial charge in [0.2, 0.25) is 0 Å². The van der Waals surface area contributed by atoms with Crippen molar-refractivity contribution in [2.24, 2.45) is 0 Å². The predicted octanol–water partition coefficient (Wildman–Crippen LogP) is 1.71. The Morgan fingerprint density at radius 3 is 3.05 bits per heavy atom. The van der Waals surface area contributed by atoms with E-state index in [9.17, 15) is 0 Å². The summed E-state index contributed by atoms with van der Waals surface area (Å²) in [5, 5.41) is 4.50. The van der Waals surface area contributed by atoms with Gasteiger partial charge in [0.1, 0.15) is 0 Å². The Kier molecular flexibility index (Phi) is 4.05. The Morgan fingerprint density at radius 2 is 2.26 bits per heavy atom. The van der Waals surface area contributed by atoms with Gasteiger partial charge in [-0.05, 0) is 32.9 Å². The van der Waals surface area contributed by atoms with Gasteiger partial charge in [-0.3, -0.25) is 4.90 Å². The summed E-state index contributed by atoms with van der Waals surface area (Å²) in [4.78, 5) is 11.4. The highest BCUT2D eigenvalue weighted by Gasteiger charge is 2.31. The Morgan fingerprint density at radius 1 is 1.37 bits per heavy atom. The van der Waals surface area contributed by atoms with Crippen molar-refractivity contribution in [3.8, 4) is 0 Å². The molecule has 0 spiro atoms. The summed E-state index contributed by atoms with van der Waals surface area (Å²) >= 11 is 1.88. The fourth-order valence-electron chi connectivity index (χ4n) is 3.24. The van der Waals surface area contributed by atoms with Crippen molar-refractivity contribution in [3.05, 3.63) is 10.6 Å². The molecule has 1 atom stereocenters. The first kappa shape index (κ1) is 13.3. The van der Waals surface area contributed by atoms with E-state index in [-0.39, 0.29) is 0 Å². The number of piperazine rings is 1. The molecule has 0 amide bonds. The van der Waals surface area contributed by atoms with Crippen molar-refractivity contribution in [2.75, 3.05) is 38.1 Å². The van der Waals surface area contributed by atoms with E-state index in [2.05, 4.69) is 22.0 Å². The highest BCUT2D eigenvalue weighted by molar-refractivity contribution is 7.15. The van der Waals surface area contributed by atoms with Crippen LogP contribution in [0.25, 0.3) is 0 Å². The zero-order valence-electron chi connectivity index (χ0n) is 12.0. The maximum absolute atomic E-state index is 4.87. The summed E-state index contributed by atoms with van der Waals surface area (Å²) in [5.74, 6) is 0. The van der Waals surface area contributed by atoms with Gasteiger partial charge >= 0.3 is 0 Å². The number of nitrogens with zero attached hydrogens (tertiary/aromatic N) is 3. The summed E-state index contributed by atoms with van der Waals surface area (Å²) in [7, 11) is 2.01. The number of fused-ring (bicyclic) bond motifs is 1. The van der Waals surface area contributed by atoms with Gasteiger partial charge in [0.15, 0.2) is 5.13 Å². The highest BCUT2D eigenvalue weighted by Crippen LogP contribution is 2.30. The van der Waals surface area contributed by atoms with Crippen LogP contribution in [0, 0.1) is 0 Å². The largest absolute Gasteiger partial charge is 0.345 e. The van der Waals surface area contributed by atoms with Crippen molar-refractivity contribution >= 4 is 16.5 Å². The number of aryl methyl sites for hydroxylation is 1. The first-order valence-electron chi connectivity index (χ1n) is 7.44. The molecule has 3 rings (SSSR count). The molecular weight excluding hydrogens is 256 g/mol. The van der Waals surface area contributed by atoms with Crippen LogP contribution in [0.3, 0.4) is 0 Å². The van der Waals surface area contributed by atoms with Gasteiger partial charge in [-0.1, -0.05) is 6.92 Å². The molecule has 0 aliphatic carbocycles. The molecule has 2 fully saturated rings. The Balaban J connectivity index is 1.74. The third-order valence-electron chi connectivity index (χ3n) is 4.30. The van der Waals surface area contributed by atoms with Gasteiger partial charge in [0.25, 0.3) is 0 Å². The molecule has 1 N–H and O–H groups in total. The number of hydrogen-bond acceptors (Lipinski definition) is 5. The Labute approximate surface area is 119 Å². The van der Waals surface area contributed by atoms with Crippen molar-refractivity contribution in [1.29, 1.82) is 0 Å². The van der Waals surface area contributed by atoms with Crippen molar-refractivity contribution in [1.82, 2.24) is 15.2 Å². The lowest BCUT2D eigenvalue weighted by Gasteiger charge is -2.37. The lowest BCUT2D eigenvalue weighted by Crippen LogP contribution is -2.50. The average Bonchev–Trinajstić information content (AvgIpc) is 3.04. The molecule has 5 heteroatoms. The molecular formula is C14H24N4S. The van der Waals surface area contributed by atoms with Gasteiger partial charge in [-0.25, -0.2) is 4.98 Å². The quantitative estimate of drug-likeness (QED) is 0.910. The maximum Gasteiger partial charge on any atom is 0.185 e. The summed E-state index contributed by atoms with van der Waals surface area (Å²) in [6, 6.07) is 0.774. The minimum absolute atomic E-state index is 0.774. The standard InChI is InChI=1S/C14H24N4S/c1-3-12-13(9-15-2)19-14(16-12)18-8-7-17-6-4-5-11(17)10-18/h11,15H,3-10H2,1-2H3. The van der Waals surface area contributed by atoms with Crippen LogP contribution in [0.5, 0.6) is 0 Å². The van der Waals surface area contributed by atoms with Gasteiger partial charge in [-0.15, -0.1) is 11.3 Å². The molecule has 1 aromatic rings. The summed E-state index contributed by atoms with van der Waals surface area (Å²) < 4.78 is 0. The predicted molar refractivity (Wildman–Crippen MR) is 81.1 cm³/mol. The zero-order valence-corrected chi connectivity index (χ0v) is 12.8. The lowest BCUT2D eigenvalue weighted by atomic mass is 10.2. The van der Waals surface area contributed by atoms with E-state index in [1.54, 1.807) is 0 Å². The average molecular weight is 280 g/mol. The second-order valence-corrected chi connectivity index (χ2v) is 6.59. The number of nitrogens with one attached hydrogen (secondary N) is 1. The highest BCUT2D eigenvalue weighted by atomic mass is 32.1. The van der Waals surface area contributed by atoms with Crippen LogP contribution >= 0.6 is 11.3 Å². The van der Waals surface area contributed by atoms with Gasteiger partial charge < -0.3 is 10.2 Å². The molecule has 0 aromatic carbocycles. The second kappa shape index (κ2) is 5.77. The van der Waals surface area contributed by atoms with E-state index >= 15 is 0 Å². The number of hydrogen-bond donors (Lipinski definition) is 1. The van der Waals surface area contributed by atoms with E-state index in [0.29, 0.717) is 0 Å². The van der Waals surface area contributed by atoms with E-state index in [0.717, 1.165) is 25.6 Å². The Hall–Kier alpha value is -0.650. The third-order valence-corrected chi connectivity index (χ3v) is 5.46. The van der Waals surface area contributed by atoms with Crippen LogP contribution in [0.1, 0.15) is 30.3 Å². The first-order valence-corrected chi connectivity index (χ1v) is 8.25. The normalized spacial score (nSPS) is 23.9. The minimum Gasteiger partial charge on any atom is -0.345 e. The van der Waals surface area contributed by atoms with Crippen molar-refractivity contribution < 1.29 is 0 Å². The molecule has 1 aromatic heterocycles. The molecule has 3 heterocycles. The minimum atomic E-state index is 0.774. The van der Waals surface area contributed by atoms with Crippen LogP contribution in [0.15, 0.2) is 0 Å². The first-order chi connectivity index (χ1) is 9.31. The van der Waals surface area contributed by atoms with Crippen molar-refractivity contribution in [2.45, 2.75) is 38.8 Å². The second-order valence-electron chi connectivity index (χ2n) is 5.53. The van der Waals surface area contributed by atoms with E-state index in [1.165, 1.54) is 48.2 Å². The van der Waals surface area contributed by atoms with E-state index in [4.69, 9.17) is 4.98 Å². The number of aromatic nitrogens is 1. The molecule has 106 valence electrons. The van der Waals surface area contributed by atoms with Crippen LogP contribution < -0.4 is 10.2 Å². The molecule has 19 heavy (non-hydrogen) atoms. The third kappa shape index (κ3) is 2.64. The van der Waals surface area contributed by atoms with E-state index in [1.807, 2.05) is 18.4 Å². The maximum atomic E-state index is 4.87. The SMILES string of the molecule is CCc1nc(N2CCN3CCCC3C2)sc1CNC. The molecule has 2 saturated heterocycles. The number of rotatable bonds is 4. The molecule has 2 aliphatic rings. The topological polar surface area (TPSA) is 31.4 Å². The monoisotopic (exact) mass is 280 g/mol. The van der Waals surface area contributed by atoms with Crippen LogP contribution in [-0.2, 0) is 13.0 Å². The Bertz CT molecular complexity index is 431. The zero-order chi connectivity index (χ0) is 13.2. The smallest absolute Gasteiger partial charge is 0.185 e. The molecule has 0 saturated carbocycles. The molecule has 0 radical (unpaired) electrons. The fourth-order valence-corrected chi connectivity index (χ4v) is 4.44. The van der Waals surface area contributed by atoms with Gasteiger partial charge in [0, 0.05) is 37.1 Å². The summed E-state index contributed by atoms with van der Waals surface area (Å²) in [5.41, 5.74) is 1.28. The fraction of sp³-hybridized carbons (Fsp3) is 0.786. The van der Waals surface area contributed by atoms with Gasteiger partial charge in [-0.2, -0.15) is 0 Å². The lowest BCUT2D eigenvalue weighted by molar-refractivity contribution is 0.231.